The van der Waals surface area contributed by atoms with Gasteiger partial charge in [0.1, 0.15) is 11.4 Å². The molecule has 4 aliphatic carbocycles. The van der Waals surface area contributed by atoms with Crippen molar-refractivity contribution < 1.29 is 28.2 Å². The normalized spacial score (nSPS) is 29.5. The maximum Gasteiger partial charge on any atom is 0.334 e. The molecular weight excluding hydrogens is 600 g/mol. The Morgan fingerprint density at radius 1 is 0.646 bits per heavy atom. The number of furan rings is 1. The van der Waals surface area contributed by atoms with Gasteiger partial charge in [-0.05, 0) is 109 Å². The predicted octanol–water partition coefficient (Wildman–Crippen LogP) is 10.5. The van der Waals surface area contributed by atoms with Gasteiger partial charge in [-0.15, -0.1) is 0 Å². The lowest BCUT2D eigenvalue weighted by Crippen LogP contribution is -2.58. The lowest BCUT2D eigenvalue weighted by molar-refractivity contribution is -0.214. The zero-order chi connectivity index (χ0) is 33.7. The van der Waals surface area contributed by atoms with E-state index in [2.05, 4.69) is 13.2 Å². The van der Waals surface area contributed by atoms with Crippen molar-refractivity contribution in [3.05, 3.63) is 48.5 Å². The first kappa shape index (κ1) is 35.5. The Kier molecular flexibility index (Phi) is 11.6. The van der Waals surface area contributed by atoms with E-state index in [4.69, 9.17) is 18.6 Å². The number of carbonyl (C=O) groups excluding carboxylic acids is 2. The van der Waals surface area contributed by atoms with Crippen LogP contribution in [0.15, 0.2) is 47.1 Å². The third kappa shape index (κ3) is 7.12. The van der Waals surface area contributed by atoms with Crippen LogP contribution in [0.5, 0.6) is 0 Å². The van der Waals surface area contributed by atoms with Crippen LogP contribution in [0.25, 0.3) is 0 Å². The Morgan fingerprint density at radius 3 is 1.65 bits per heavy atom. The van der Waals surface area contributed by atoms with Crippen molar-refractivity contribution in [2.45, 2.75) is 172 Å². The Labute approximate surface area is 289 Å². The minimum atomic E-state index is -0.766. The lowest BCUT2D eigenvalue weighted by atomic mass is 9.63. The van der Waals surface area contributed by atoms with E-state index in [9.17, 15) is 9.59 Å². The van der Waals surface area contributed by atoms with Crippen molar-refractivity contribution >= 4 is 11.9 Å². The first-order chi connectivity index (χ1) is 23.3. The van der Waals surface area contributed by atoms with Gasteiger partial charge in [0, 0.05) is 34.8 Å². The molecule has 6 heteroatoms. The Balaban J connectivity index is 1.23. The van der Waals surface area contributed by atoms with E-state index >= 15 is 0 Å². The lowest BCUT2D eigenvalue weighted by Gasteiger charge is -2.51. The molecule has 5 aliphatic rings. The average Bonchev–Trinajstić information content (AvgIpc) is 3.85. The molecule has 3 unspecified atom stereocenters. The highest BCUT2D eigenvalue weighted by molar-refractivity contribution is 5.87. The van der Waals surface area contributed by atoms with Crippen molar-refractivity contribution in [3.63, 3.8) is 0 Å². The van der Waals surface area contributed by atoms with Crippen LogP contribution in [-0.4, -0.2) is 29.7 Å². The van der Waals surface area contributed by atoms with Gasteiger partial charge in [0.25, 0.3) is 0 Å². The summed E-state index contributed by atoms with van der Waals surface area (Å²) >= 11 is 0. The average molecular weight is 663 g/mol. The minimum absolute atomic E-state index is 0.0595. The molecule has 1 aromatic heterocycles. The van der Waals surface area contributed by atoms with Crippen LogP contribution in [0, 0.1) is 29.6 Å². The summed E-state index contributed by atoms with van der Waals surface area (Å²) in [5, 5.41) is 0. The number of ether oxygens (including phenoxy) is 3. The van der Waals surface area contributed by atoms with E-state index in [0.29, 0.717) is 28.9 Å². The molecule has 0 amide bonds. The molecule has 0 radical (unpaired) electrons. The van der Waals surface area contributed by atoms with Gasteiger partial charge < -0.3 is 18.6 Å². The zero-order valence-corrected chi connectivity index (χ0v) is 30.0. The maximum atomic E-state index is 13.4. The van der Waals surface area contributed by atoms with Crippen molar-refractivity contribution in [3.8, 4) is 0 Å². The number of carbonyl (C=O) groups is 2. The molecule has 48 heavy (non-hydrogen) atoms. The fourth-order valence-corrected chi connectivity index (χ4v) is 10.9. The van der Waals surface area contributed by atoms with Gasteiger partial charge in [-0.25, -0.2) is 9.59 Å². The van der Waals surface area contributed by atoms with Crippen molar-refractivity contribution in [1.29, 1.82) is 0 Å². The van der Waals surface area contributed by atoms with Gasteiger partial charge in [0.2, 0.25) is 0 Å². The second-order valence-corrected chi connectivity index (χ2v) is 16.3. The van der Waals surface area contributed by atoms with Crippen LogP contribution in [0.1, 0.15) is 154 Å². The number of hydrogen-bond acceptors (Lipinski definition) is 6. The molecule has 0 spiro atoms. The third-order valence-electron chi connectivity index (χ3n) is 13.3. The fourth-order valence-electron chi connectivity index (χ4n) is 10.9. The van der Waals surface area contributed by atoms with Crippen LogP contribution >= 0.6 is 0 Å². The Bertz CT molecular complexity index is 1220. The van der Waals surface area contributed by atoms with E-state index in [-0.39, 0.29) is 36.0 Å². The topological polar surface area (TPSA) is 75.0 Å². The highest BCUT2D eigenvalue weighted by atomic mass is 16.6. The summed E-state index contributed by atoms with van der Waals surface area (Å²) in [5.74, 6) is 1.82. The van der Waals surface area contributed by atoms with Gasteiger partial charge in [-0.3, -0.25) is 0 Å². The Morgan fingerprint density at radius 2 is 1.15 bits per heavy atom. The summed E-state index contributed by atoms with van der Waals surface area (Å²) < 4.78 is 26.8. The van der Waals surface area contributed by atoms with Crippen LogP contribution in [0.4, 0.5) is 0 Å². The van der Waals surface area contributed by atoms with E-state index in [1.165, 1.54) is 44.9 Å². The van der Waals surface area contributed by atoms with Crippen LogP contribution in [-0.2, 0) is 29.4 Å². The van der Waals surface area contributed by atoms with E-state index in [1.54, 1.807) is 20.1 Å². The Hall–Kier alpha value is -2.34. The predicted molar refractivity (Wildman–Crippen MR) is 188 cm³/mol. The monoisotopic (exact) mass is 662 g/mol. The molecule has 1 aliphatic heterocycles. The molecule has 6 nitrogen and oxygen atoms in total. The van der Waals surface area contributed by atoms with E-state index in [1.807, 2.05) is 12.1 Å². The van der Waals surface area contributed by atoms with E-state index in [0.717, 1.165) is 95.7 Å². The largest absolute Gasteiger partial charge is 0.465 e. The minimum Gasteiger partial charge on any atom is -0.465 e. The van der Waals surface area contributed by atoms with Gasteiger partial charge in [0.15, 0.2) is 5.60 Å². The number of hydrogen-bond donors (Lipinski definition) is 0. The van der Waals surface area contributed by atoms with Gasteiger partial charge in [-0.1, -0.05) is 70.9 Å². The second-order valence-electron chi connectivity index (χ2n) is 16.3. The highest BCUT2D eigenvalue weighted by Gasteiger charge is 2.58. The molecule has 6 rings (SSSR count). The maximum absolute atomic E-state index is 13.4. The summed E-state index contributed by atoms with van der Waals surface area (Å²) in [5.41, 5.74) is -0.399. The molecular formula is C42H62O6. The van der Waals surface area contributed by atoms with Crippen molar-refractivity contribution in [1.82, 2.24) is 0 Å². The van der Waals surface area contributed by atoms with Crippen LogP contribution in [0.2, 0.25) is 0 Å². The summed E-state index contributed by atoms with van der Waals surface area (Å²) in [6.45, 7) is 11.5. The third-order valence-corrected chi connectivity index (χ3v) is 13.3. The molecule has 5 fully saturated rings. The van der Waals surface area contributed by atoms with Crippen molar-refractivity contribution in [2.75, 3.05) is 0 Å². The number of esters is 2. The summed E-state index contributed by atoms with van der Waals surface area (Å²) in [6, 6.07) is 3.96. The molecule has 4 saturated carbocycles. The molecule has 266 valence electrons. The smallest absolute Gasteiger partial charge is 0.334 e. The quantitative estimate of drug-likeness (QED) is 0.173. The molecule has 0 aromatic carbocycles. The first-order valence-corrected chi connectivity index (χ1v) is 19.7. The van der Waals surface area contributed by atoms with Gasteiger partial charge in [0.05, 0.1) is 18.5 Å². The molecule has 1 saturated heterocycles. The van der Waals surface area contributed by atoms with E-state index < -0.39 is 11.2 Å². The summed E-state index contributed by atoms with van der Waals surface area (Å²) in [6.07, 6.45) is 25.3. The van der Waals surface area contributed by atoms with Crippen LogP contribution < -0.4 is 0 Å². The SMILES string of the molecule is C=C(C)C(=O)OC(c1ccco1)(C1CCCCC1)C1CCC(C2CCC(C(OC(=O)C(=C)C)(C3CCCCC3)C3CCCCC3)O2)CC1. The van der Waals surface area contributed by atoms with Crippen molar-refractivity contribution in [2.24, 2.45) is 29.6 Å². The molecule has 1 aromatic rings. The standard InChI is InChI=1S/C42H62O6/c1-29(2)39(43)47-41(37-21-14-28-45-37,32-15-8-5-9-16-32)35-24-22-31(23-25-35)36-26-27-38(46-36)42(48-40(44)30(3)4,33-17-10-6-11-18-33)34-19-12-7-13-20-34/h14,21,28,31-36,38H,1,3,5-13,15-20,22-27H2,2,4H3. The number of rotatable bonds is 11. The van der Waals surface area contributed by atoms with Gasteiger partial charge in [-0.2, -0.15) is 0 Å². The second kappa shape index (κ2) is 15.7. The molecule has 3 atom stereocenters. The zero-order valence-electron chi connectivity index (χ0n) is 30.0. The molecule has 0 bridgehead atoms. The highest BCUT2D eigenvalue weighted by Crippen LogP contribution is 2.55. The summed E-state index contributed by atoms with van der Waals surface area (Å²) in [4.78, 5) is 26.7. The van der Waals surface area contributed by atoms with Gasteiger partial charge >= 0.3 is 11.9 Å². The first-order valence-electron chi connectivity index (χ1n) is 19.7. The summed E-state index contributed by atoms with van der Waals surface area (Å²) in [7, 11) is 0. The fraction of sp³-hybridized carbons (Fsp3) is 0.762. The molecule has 0 N–H and O–H groups in total. The molecule has 2 heterocycles. The van der Waals surface area contributed by atoms with Crippen LogP contribution in [0.3, 0.4) is 0 Å².